The fourth-order valence-electron chi connectivity index (χ4n) is 1.74. The first-order valence-electron chi connectivity index (χ1n) is 7.54. The van der Waals surface area contributed by atoms with Crippen molar-refractivity contribution in [2.45, 2.75) is 71.1 Å². The summed E-state index contributed by atoms with van der Waals surface area (Å²) in [6.45, 7) is 3.03. The smallest absolute Gasteiger partial charge is 0.434 e. The zero-order valence-electron chi connectivity index (χ0n) is 12.2. The van der Waals surface area contributed by atoms with Crippen LogP contribution >= 0.6 is 0 Å². The van der Waals surface area contributed by atoms with E-state index in [4.69, 9.17) is 9.47 Å². The Labute approximate surface area is 116 Å². The third-order valence-electron chi connectivity index (χ3n) is 2.90. The van der Waals surface area contributed by atoms with E-state index in [2.05, 4.69) is 6.92 Å². The van der Waals surface area contributed by atoms with E-state index in [1.54, 1.807) is 0 Å². The second kappa shape index (κ2) is 15.0. The van der Waals surface area contributed by atoms with Gasteiger partial charge < -0.3 is 14.3 Å². The Morgan fingerprint density at radius 1 is 0.842 bits per heavy atom. The first kappa shape index (κ1) is 17.9. The van der Waals surface area contributed by atoms with Crippen molar-refractivity contribution in [1.29, 1.82) is 0 Å². The minimum absolute atomic E-state index is 0.383. The molecule has 19 heavy (non-hydrogen) atoms. The van der Waals surface area contributed by atoms with Crippen LogP contribution in [0.2, 0.25) is 0 Å². The molecule has 0 saturated heterocycles. The standard InChI is InChI=1S/C15H28O4/c1-2-3-4-5-7-10-13-18-15(17)19-14-11-8-6-9-12-16/h12H,2-11,13-14H2,1H3. The molecular formula is C15H28O4. The Kier molecular flexibility index (Phi) is 14.2. The number of carbonyl (C=O) groups is 2. The van der Waals surface area contributed by atoms with Crippen molar-refractivity contribution in [2.75, 3.05) is 13.2 Å². The lowest BCUT2D eigenvalue weighted by Crippen LogP contribution is -2.09. The van der Waals surface area contributed by atoms with Crippen molar-refractivity contribution < 1.29 is 19.1 Å². The first-order chi connectivity index (χ1) is 9.31. The molecule has 0 fully saturated rings. The van der Waals surface area contributed by atoms with Crippen LogP contribution in [0.1, 0.15) is 71.1 Å². The molecule has 0 heterocycles. The van der Waals surface area contributed by atoms with Crippen LogP contribution in [-0.4, -0.2) is 25.7 Å². The number of ether oxygens (including phenoxy) is 2. The molecule has 0 unspecified atom stereocenters. The highest BCUT2D eigenvalue weighted by Gasteiger charge is 2.02. The quantitative estimate of drug-likeness (QED) is 0.285. The van der Waals surface area contributed by atoms with E-state index in [1.165, 1.54) is 25.7 Å². The van der Waals surface area contributed by atoms with Gasteiger partial charge in [-0.15, -0.1) is 0 Å². The van der Waals surface area contributed by atoms with Crippen LogP contribution < -0.4 is 0 Å². The zero-order valence-corrected chi connectivity index (χ0v) is 12.2. The summed E-state index contributed by atoms with van der Waals surface area (Å²) in [5.74, 6) is 0. The predicted octanol–water partition coefficient (Wildman–Crippen LogP) is 4.26. The lowest BCUT2D eigenvalue weighted by atomic mass is 10.1. The highest BCUT2D eigenvalue weighted by atomic mass is 16.7. The molecule has 0 aliphatic carbocycles. The van der Waals surface area contributed by atoms with Gasteiger partial charge in [-0.25, -0.2) is 4.79 Å². The largest absolute Gasteiger partial charge is 0.508 e. The minimum Gasteiger partial charge on any atom is -0.434 e. The summed E-state index contributed by atoms with van der Waals surface area (Å²) in [6, 6.07) is 0. The average molecular weight is 272 g/mol. The predicted molar refractivity (Wildman–Crippen MR) is 75.2 cm³/mol. The van der Waals surface area contributed by atoms with Gasteiger partial charge in [0.1, 0.15) is 6.29 Å². The number of aldehydes is 1. The summed E-state index contributed by atoms with van der Waals surface area (Å²) in [7, 11) is 0. The summed E-state index contributed by atoms with van der Waals surface area (Å²) < 4.78 is 9.88. The minimum atomic E-state index is -0.566. The Morgan fingerprint density at radius 3 is 1.95 bits per heavy atom. The molecule has 112 valence electrons. The highest BCUT2D eigenvalue weighted by molar-refractivity contribution is 5.59. The summed E-state index contributed by atoms with van der Waals surface area (Å²) in [6.07, 6.45) is 10.5. The lowest BCUT2D eigenvalue weighted by Gasteiger charge is -2.06. The number of rotatable bonds is 13. The van der Waals surface area contributed by atoms with Crippen molar-refractivity contribution >= 4 is 12.4 Å². The van der Waals surface area contributed by atoms with Crippen molar-refractivity contribution in [3.8, 4) is 0 Å². The number of hydrogen-bond donors (Lipinski definition) is 0. The lowest BCUT2D eigenvalue weighted by molar-refractivity contribution is -0.107. The normalized spacial score (nSPS) is 10.2. The Balaban J connectivity index is 3.14. The molecule has 0 amide bonds. The van der Waals surface area contributed by atoms with Gasteiger partial charge >= 0.3 is 6.16 Å². The molecule has 0 atom stereocenters. The van der Waals surface area contributed by atoms with Crippen LogP contribution in [0.15, 0.2) is 0 Å². The Morgan fingerprint density at radius 2 is 1.37 bits per heavy atom. The second-order valence-corrected chi connectivity index (χ2v) is 4.73. The highest BCUT2D eigenvalue weighted by Crippen LogP contribution is 2.05. The molecule has 0 radical (unpaired) electrons. The molecular weight excluding hydrogens is 244 g/mol. The van der Waals surface area contributed by atoms with Gasteiger partial charge in [0.25, 0.3) is 0 Å². The van der Waals surface area contributed by atoms with Gasteiger partial charge in [0, 0.05) is 6.42 Å². The number of unbranched alkanes of at least 4 members (excludes halogenated alkanes) is 8. The van der Waals surface area contributed by atoms with Gasteiger partial charge in [0.15, 0.2) is 0 Å². The fourth-order valence-corrected chi connectivity index (χ4v) is 1.74. The fraction of sp³-hybridized carbons (Fsp3) is 0.867. The molecule has 0 aromatic carbocycles. The summed E-state index contributed by atoms with van der Waals surface area (Å²) >= 11 is 0. The molecule has 0 N–H and O–H groups in total. The summed E-state index contributed by atoms with van der Waals surface area (Å²) in [5.41, 5.74) is 0. The third-order valence-corrected chi connectivity index (χ3v) is 2.90. The van der Waals surface area contributed by atoms with E-state index in [0.29, 0.717) is 19.6 Å². The van der Waals surface area contributed by atoms with Gasteiger partial charge in [-0.1, -0.05) is 39.0 Å². The van der Waals surface area contributed by atoms with Crippen molar-refractivity contribution in [2.24, 2.45) is 0 Å². The van der Waals surface area contributed by atoms with Crippen LogP contribution in [-0.2, 0) is 14.3 Å². The molecule has 4 nitrogen and oxygen atoms in total. The molecule has 0 spiro atoms. The maximum Gasteiger partial charge on any atom is 0.508 e. The van der Waals surface area contributed by atoms with E-state index < -0.39 is 6.16 Å². The number of hydrogen-bond acceptors (Lipinski definition) is 4. The Hall–Kier alpha value is -1.06. The number of carbonyl (C=O) groups excluding carboxylic acids is 2. The molecule has 0 bridgehead atoms. The summed E-state index contributed by atoms with van der Waals surface area (Å²) in [5, 5.41) is 0. The molecule has 0 rings (SSSR count). The zero-order chi connectivity index (χ0) is 14.2. The first-order valence-corrected chi connectivity index (χ1v) is 7.54. The van der Waals surface area contributed by atoms with E-state index in [9.17, 15) is 9.59 Å². The van der Waals surface area contributed by atoms with E-state index in [-0.39, 0.29) is 0 Å². The molecule has 0 aromatic heterocycles. The van der Waals surface area contributed by atoms with Gasteiger partial charge in [-0.2, -0.15) is 0 Å². The van der Waals surface area contributed by atoms with Crippen LogP contribution in [0.4, 0.5) is 4.79 Å². The van der Waals surface area contributed by atoms with Crippen molar-refractivity contribution in [1.82, 2.24) is 0 Å². The monoisotopic (exact) mass is 272 g/mol. The van der Waals surface area contributed by atoms with E-state index in [0.717, 1.165) is 38.4 Å². The van der Waals surface area contributed by atoms with Gasteiger partial charge in [0.05, 0.1) is 13.2 Å². The van der Waals surface area contributed by atoms with E-state index >= 15 is 0 Å². The molecule has 0 saturated carbocycles. The van der Waals surface area contributed by atoms with Crippen LogP contribution in [0.5, 0.6) is 0 Å². The Bertz CT molecular complexity index is 216. The molecule has 0 aliphatic heterocycles. The topological polar surface area (TPSA) is 52.6 Å². The SMILES string of the molecule is CCCCCCCCOC(=O)OCCCCCC=O. The molecule has 4 heteroatoms. The van der Waals surface area contributed by atoms with Crippen LogP contribution in [0, 0.1) is 0 Å². The third kappa shape index (κ3) is 14.9. The van der Waals surface area contributed by atoms with Gasteiger partial charge in [0.2, 0.25) is 0 Å². The second-order valence-electron chi connectivity index (χ2n) is 4.73. The average Bonchev–Trinajstić information content (AvgIpc) is 2.41. The van der Waals surface area contributed by atoms with Crippen LogP contribution in [0.25, 0.3) is 0 Å². The maximum atomic E-state index is 11.2. The van der Waals surface area contributed by atoms with Crippen molar-refractivity contribution in [3.05, 3.63) is 0 Å². The van der Waals surface area contributed by atoms with Crippen LogP contribution in [0.3, 0.4) is 0 Å². The van der Waals surface area contributed by atoms with Crippen molar-refractivity contribution in [3.63, 3.8) is 0 Å². The summed E-state index contributed by atoms with van der Waals surface area (Å²) in [4.78, 5) is 21.2. The van der Waals surface area contributed by atoms with Gasteiger partial charge in [-0.3, -0.25) is 0 Å². The molecule has 0 aromatic rings. The van der Waals surface area contributed by atoms with E-state index in [1.807, 2.05) is 0 Å². The maximum absolute atomic E-state index is 11.2. The molecule has 0 aliphatic rings. The van der Waals surface area contributed by atoms with Gasteiger partial charge in [-0.05, 0) is 25.7 Å².